The molecule has 0 radical (unpaired) electrons. The zero-order valence-electron chi connectivity index (χ0n) is 16.4. The van der Waals surface area contributed by atoms with E-state index >= 15 is 0 Å². The van der Waals surface area contributed by atoms with Crippen LogP contribution in [0.3, 0.4) is 0 Å². The number of rotatable bonds is 6. The summed E-state index contributed by atoms with van der Waals surface area (Å²) in [6.07, 6.45) is -0.981. The maximum atomic E-state index is 13.2. The third-order valence-electron chi connectivity index (χ3n) is 4.94. The summed E-state index contributed by atoms with van der Waals surface area (Å²) in [6, 6.07) is 28.1. The lowest BCUT2D eigenvalue weighted by molar-refractivity contribution is 0.221. The summed E-state index contributed by atoms with van der Waals surface area (Å²) in [5.41, 5.74) is 2.77. The van der Waals surface area contributed by atoms with Crippen LogP contribution in [0.5, 0.6) is 0 Å². The molecule has 6 heteroatoms. The van der Waals surface area contributed by atoms with Crippen molar-refractivity contribution in [2.24, 2.45) is 0 Å². The molecule has 0 heterocycles. The van der Waals surface area contributed by atoms with Crippen molar-refractivity contribution >= 4 is 15.7 Å². The molecule has 4 aromatic carbocycles. The minimum absolute atomic E-state index is 0.0679. The summed E-state index contributed by atoms with van der Waals surface area (Å²) in [7, 11) is -3.93. The van der Waals surface area contributed by atoms with Crippen molar-refractivity contribution in [2.45, 2.75) is 11.0 Å². The first-order valence-corrected chi connectivity index (χ1v) is 11.1. The van der Waals surface area contributed by atoms with E-state index in [1.54, 1.807) is 60.7 Å². The Labute approximate surface area is 180 Å². The summed E-state index contributed by atoms with van der Waals surface area (Å²) in [4.78, 5) is 0.0679. The number of aliphatic hydroxyl groups excluding tert-OH is 1. The highest BCUT2D eigenvalue weighted by Crippen LogP contribution is 2.30. The molecule has 31 heavy (non-hydrogen) atoms. The van der Waals surface area contributed by atoms with Gasteiger partial charge in [0, 0.05) is 5.56 Å². The number of hydrogen-bond donors (Lipinski definition) is 2. The van der Waals surface area contributed by atoms with E-state index in [1.165, 1.54) is 24.3 Å². The summed E-state index contributed by atoms with van der Waals surface area (Å²) in [5, 5.41) is 10.8. The van der Waals surface area contributed by atoms with E-state index in [-0.39, 0.29) is 10.7 Å². The standard InChI is InChI=1S/C25H20FNO3S/c26-21-15-13-18(14-16-21)20-9-6-10-22(17-20)31(29,30)27-24-12-5-4-11-23(24)25(28)19-7-2-1-3-8-19/h1-17,25,27-28H. The zero-order chi connectivity index (χ0) is 21.8. The average molecular weight is 434 g/mol. The zero-order valence-corrected chi connectivity index (χ0v) is 17.3. The molecule has 0 saturated heterocycles. The van der Waals surface area contributed by atoms with Gasteiger partial charge in [-0.1, -0.05) is 72.8 Å². The van der Waals surface area contributed by atoms with Gasteiger partial charge in [-0.2, -0.15) is 0 Å². The molecule has 0 spiro atoms. The van der Waals surface area contributed by atoms with Crippen LogP contribution in [0.2, 0.25) is 0 Å². The largest absolute Gasteiger partial charge is 0.384 e. The van der Waals surface area contributed by atoms with Crippen LogP contribution in [0.1, 0.15) is 17.2 Å². The second-order valence-electron chi connectivity index (χ2n) is 7.04. The SMILES string of the molecule is O=S(=O)(Nc1ccccc1C(O)c1ccccc1)c1cccc(-c2ccc(F)cc2)c1. The number of hydrogen-bond acceptors (Lipinski definition) is 3. The van der Waals surface area contributed by atoms with Crippen LogP contribution in [-0.4, -0.2) is 13.5 Å². The second-order valence-corrected chi connectivity index (χ2v) is 8.72. The normalized spacial score (nSPS) is 12.3. The number of nitrogens with one attached hydrogen (secondary N) is 1. The molecule has 1 atom stereocenters. The Morgan fingerprint density at radius 1 is 0.742 bits per heavy atom. The first-order chi connectivity index (χ1) is 14.9. The number of aliphatic hydroxyl groups is 1. The predicted molar refractivity (Wildman–Crippen MR) is 120 cm³/mol. The predicted octanol–water partition coefficient (Wildman–Crippen LogP) is 5.38. The van der Waals surface area contributed by atoms with Crippen LogP contribution in [0.15, 0.2) is 108 Å². The van der Waals surface area contributed by atoms with E-state index in [1.807, 2.05) is 18.2 Å². The quantitative estimate of drug-likeness (QED) is 0.429. The fraction of sp³-hybridized carbons (Fsp3) is 0.0400. The smallest absolute Gasteiger partial charge is 0.261 e. The van der Waals surface area contributed by atoms with E-state index < -0.39 is 16.1 Å². The molecular weight excluding hydrogens is 413 g/mol. The van der Waals surface area contributed by atoms with Crippen LogP contribution >= 0.6 is 0 Å². The van der Waals surface area contributed by atoms with Gasteiger partial charge in [-0.05, 0) is 47.0 Å². The Balaban J connectivity index is 1.66. The van der Waals surface area contributed by atoms with Gasteiger partial charge in [0.25, 0.3) is 10.0 Å². The van der Waals surface area contributed by atoms with E-state index in [0.717, 1.165) is 0 Å². The number of anilines is 1. The molecule has 0 fully saturated rings. The van der Waals surface area contributed by atoms with Crippen LogP contribution in [-0.2, 0) is 10.0 Å². The van der Waals surface area contributed by atoms with E-state index in [0.29, 0.717) is 27.9 Å². The van der Waals surface area contributed by atoms with Crippen molar-refractivity contribution in [1.82, 2.24) is 0 Å². The molecule has 0 aliphatic carbocycles. The van der Waals surface area contributed by atoms with Crippen molar-refractivity contribution in [3.63, 3.8) is 0 Å². The monoisotopic (exact) mass is 433 g/mol. The lowest BCUT2D eigenvalue weighted by Gasteiger charge is -2.17. The van der Waals surface area contributed by atoms with Gasteiger partial charge in [-0.15, -0.1) is 0 Å². The first kappa shape index (κ1) is 20.8. The number of halogens is 1. The summed E-state index contributed by atoms with van der Waals surface area (Å²) >= 11 is 0. The topological polar surface area (TPSA) is 66.4 Å². The third-order valence-corrected chi connectivity index (χ3v) is 6.30. The van der Waals surface area contributed by atoms with Crippen LogP contribution in [0.4, 0.5) is 10.1 Å². The van der Waals surface area contributed by atoms with Crippen LogP contribution in [0.25, 0.3) is 11.1 Å². The Kier molecular flexibility index (Phi) is 5.84. The van der Waals surface area contributed by atoms with Gasteiger partial charge in [0.2, 0.25) is 0 Å². The third kappa shape index (κ3) is 4.66. The highest BCUT2D eigenvalue weighted by Gasteiger charge is 2.20. The Bertz CT molecular complexity index is 1290. The molecule has 0 aromatic heterocycles. The minimum Gasteiger partial charge on any atom is -0.384 e. The molecule has 4 rings (SSSR count). The molecule has 0 saturated carbocycles. The number of benzene rings is 4. The molecule has 0 amide bonds. The second kappa shape index (κ2) is 8.71. The van der Waals surface area contributed by atoms with Gasteiger partial charge >= 0.3 is 0 Å². The highest BCUT2D eigenvalue weighted by atomic mass is 32.2. The Morgan fingerprint density at radius 2 is 1.42 bits per heavy atom. The summed E-state index contributed by atoms with van der Waals surface area (Å²) < 4.78 is 42.0. The highest BCUT2D eigenvalue weighted by molar-refractivity contribution is 7.92. The molecule has 4 aromatic rings. The van der Waals surface area contributed by atoms with Crippen molar-refractivity contribution in [2.75, 3.05) is 4.72 Å². The maximum Gasteiger partial charge on any atom is 0.261 e. The van der Waals surface area contributed by atoms with Gasteiger partial charge in [0.1, 0.15) is 11.9 Å². The van der Waals surface area contributed by atoms with Crippen molar-refractivity contribution in [3.8, 4) is 11.1 Å². The Morgan fingerprint density at radius 3 is 2.16 bits per heavy atom. The first-order valence-electron chi connectivity index (χ1n) is 9.65. The average Bonchev–Trinajstić information content (AvgIpc) is 2.80. The lowest BCUT2D eigenvalue weighted by atomic mass is 10.0. The molecule has 0 aliphatic rings. The molecular formula is C25H20FNO3S. The van der Waals surface area contributed by atoms with Crippen LogP contribution in [0, 0.1) is 5.82 Å². The molecule has 4 nitrogen and oxygen atoms in total. The van der Waals surface area contributed by atoms with Crippen LogP contribution < -0.4 is 4.72 Å². The van der Waals surface area contributed by atoms with E-state index in [2.05, 4.69) is 4.72 Å². The fourth-order valence-corrected chi connectivity index (χ4v) is 4.47. The van der Waals surface area contributed by atoms with Crippen molar-refractivity contribution in [3.05, 3.63) is 120 Å². The molecule has 0 bridgehead atoms. The van der Waals surface area contributed by atoms with Crippen molar-refractivity contribution < 1.29 is 17.9 Å². The summed E-state index contributed by atoms with van der Waals surface area (Å²) in [6.45, 7) is 0. The van der Waals surface area contributed by atoms with Gasteiger partial charge in [-0.3, -0.25) is 4.72 Å². The molecule has 0 aliphatic heterocycles. The van der Waals surface area contributed by atoms with Gasteiger partial charge in [-0.25, -0.2) is 12.8 Å². The maximum absolute atomic E-state index is 13.2. The summed E-state index contributed by atoms with van der Waals surface area (Å²) in [5.74, 6) is -0.359. The Hall–Kier alpha value is -3.48. The lowest BCUT2D eigenvalue weighted by Crippen LogP contribution is -2.15. The number of sulfonamides is 1. The molecule has 2 N–H and O–H groups in total. The van der Waals surface area contributed by atoms with Crippen molar-refractivity contribution in [1.29, 1.82) is 0 Å². The number of para-hydroxylation sites is 1. The van der Waals surface area contributed by atoms with Gasteiger partial charge < -0.3 is 5.11 Å². The van der Waals surface area contributed by atoms with E-state index in [9.17, 15) is 17.9 Å². The van der Waals surface area contributed by atoms with Gasteiger partial charge in [0.15, 0.2) is 0 Å². The molecule has 156 valence electrons. The van der Waals surface area contributed by atoms with E-state index in [4.69, 9.17) is 0 Å². The van der Waals surface area contributed by atoms with Gasteiger partial charge in [0.05, 0.1) is 10.6 Å². The molecule has 1 unspecified atom stereocenters. The fourth-order valence-electron chi connectivity index (χ4n) is 3.33. The minimum atomic E-state index is -3.93.